The molecule has 0 saturated carbocycles. The van der Waals surface area contributed by atoms with Crippen molar-refractivity contribution in [2.75, 3.05) is 13.6 Å². The Hall–Kier alpha value is -1.65. The van der Waals surface area contributed by atoms with Gasteiger partial charge < -0.3 is 5.11 Å². The van der Waals surface area contributed by atoms with Crippen LogP contribution in [-0.4, -0.2) is 34.6 Å². The number of carboxylic acids is 1. The van der Waals surface area contributed by atoms with E-state index >= 15 is 0 Å². The molecule has 2 rings (SSSR count). The first-order valence-electron chi connectivity index (χ1n) is 5.50. The second-order valence-electron chi connectivity index (χ2n) is 4.17. The van der Waals surface area contributed by atoms with E-state index in [9.17, 15) is 4.79 Å². The van der Waals surface area contributed by atoms with Gasteiger partial charge in [-0.3, -0.25) is 14.7 Å². The lowest BCUT2D eigenvalue weighted by Crippen LogP contribution is -2.25. The lowest BCUT2D eigenvalue weighted by atomic mass is 10.1. The fourth-order valence-electron chi connectivity index (χ4n) is 1.90. The Morgan fingerprint density at radius 2 is 2.22 bits per heavy atom. The molecule has 5 heteroatoms. The van der Waals surface area contributed by atoms with E-state index < -0.39 is 5.97 Å². The molecule has 1 heterocycles. The first kappa shape index (κ1) is 12.8. The molecular weight excluding hydrogens is 252 g/mol. The molecule has 0 radical (unpaired) electrons. The maximum atomic E-state index is 10.6. The van der Waals surface area contributed by atoms with Crippen LogP contribution < -0.4 is 0 Å². The third-order valence-electron chi connectivity index (χ3n) is 2.65. The van der Waals surface area contributed by atoms with Crippen molar-refractivity contribution in [1.82, 2.24) is 9.88 Å². The van der Waals surface area contributed by atoms with E-state index in [0.717, 1.165) is 16.5 Å². The number of nitrogens with zero attached hydrogens (tertiary/aromatic N) is 2. The van der Waals surface area contributed by atoms with Gasteiger partial charge in [-0.15, -0.1) is 0 Å². The van der Waals surface area contributed by atoms with Crippen molar-refractivity contribution in [3.8, 4) is 0 Å². The van der Waals surface area contributed by atoms with Gasteiger partial charge in [0.2, 0.25) is 0 Å². The summed E-state index contributed by atoms with van der Waals surface area (Å²) in [5.74, 6) is -0.844. The number of carbonyl (C=O) groups is 1. The maximum absolute atomic E-state index is 10.6. The lowest BCUT2D eigenvalue weighted by molar-refractivity contribution is -0.138. The first-order chi connectivity index (χ1) is 8.58. The Morgan fingerprint density at radius 1 is 1.44 bits per heavy atom. The molecule has 18 heavy (non-hydrogen) atoms. The summed E-state index contributed by atoms with van der Waals surface area (Å²) in [7, 11) is 1.76. The van der Waals surface area contributed by atoms with Gasteiger partial charge in [-0.2, -0.15) is 0 Å². The summed E-state index contributed by atoms with van der Waals surface area (Å²) in [5, 5.41) is 10.3. The average Bonchev–Trinajstić information content (AvgIpc) is 2.32. The number of halogens is 1. The van der Waals surface area contributed by atoms with Crippen LogP contribution in [0.4, 0.5) is 0 Å². The zero-order chi connectivity index (χ0) is 13.1. The molecule has 0 aliphatic heterocycles. The zero-order valence-corrected chi connectivity index (χ0v) is 10.7. The molecule has 0 atom stereocenters. The fraction of sp³-hybridized carbons (Fsp3) is 0.231. The Balaban J connectivity index is 2.34. The molecule has 0 bridgehead atoms. The molecule has 1 N–H and O–H groups in total. The number of hydrogen-bond acceptors (Lipinski definition) is 3. The Bertz CT molecular complexity index is 586. The highest BCUT2D eigenvalue weighted by atomic mass is 35.5. The van der Waals surface area contributed by atoms with E-state index in [4.69, 9.17) is 16.7 Å². The van der Waals surface area contributed by atoms with Crippen molar-refractivity contribution >= 4 is 28.5 Å². The molecule has 0 fully saturated rings. The van der Waals surface area contributed by atoms with Crippen LogP contribution in [0.15, 0.2) is 30.5 Å². The van der Waals surface area contributed by atoms with E-state index in [1.165, 1.54) is 0 Å². The minimum absolute atomic E-state index is 0.00302. The second kappa shape index (κ2) is 5.33. The minimum Gasteiger partial charge on any atom is -0.480 e. The summed E-state index contributed by atoms with van der Waals surface area (Å²) in [6.45, 7) is 0.522. The summed E-state index contributed by atoms with van der Waals surface area (Å²) < 4.78 is 0. The van der Waals surface area contributed by atoms with Crippen LogP contribution >= 0.6 is 11.6 Å². The van der Waals surface area contributed by atoms with Gasteiger partial charge in [0.05, 0.1) is 12.1 Å². The van der Waals surface area contributed by atoms with E-state index in [1.807, 2.05) is 24.3 Å². The van der Waals surface area contributed by atoms with Crippen LogP contribution in [0.25, 0.3) is 10.9 Å². The highest BCUT2D eigenvalue weighted by molar-refractivity contribution is 6.35. The number of fused-ring (bicyclic) bond motifs is 1. The van der Waals surface area contributed by atoms with E-state index in [-0.39, 0.29) is 6.54 Å². The number of aliphatic carboxylic acids is 1. The molecule has 0 saturated heterocycles. The number of rotatable bonds is 4. The molecule has 0 aliphatic carbocycles. The SMILES string of the molecule is CN(CC(=O)O)Cc1ccc(Cl)c2cccnc12. The standard InChI is InChI=1S/C13H13ClN2O2/c1-16(8-12(17)18)7-9-4-5-11(14)10-3-2-6-15-13(9)10/h2-6H,7-8H2,1H3,(H,17,18). The van der Waals surface area contributed by atoms with Crippen molar-refractivity contribution in [2.45, 2.75) is 6.54 Å². The monoisotopic (exact) mass is 264 g/mol. The van der Waals surface area contributed by atoms with Gasteiger partial charge in [0.15, 0.2) is 0 Å². The summed E-state index contributed by atoms with van der Waals surface area (Å²) >= 11 is 6.10. The van der Waals surface area contributed by atoms with Gasteiger partial charge in [0.1, 0.15) is 0 Å². The van der Waals surface area contributed by atoms with Crippen LogP contribution in [0.1, 0.15) is 5.56 Å². The zero-order valence-electron chi connectivity index (χ0n) is 9.93. The fourth-order valence-corrected chi connectivity index (χ4v) is 2.12. The summed E-state index contributed by atoms with van der Waals surface area (Å²) in [6.07, 6.45) is 1.71. The molecular formula is C13H13ClN2O2. The van der Waals surface area contributed by atoms with E-state index in [2.05, 4.69) is 4.98 Å². The number of benzene rings is 1. The number of pyridine rings is 1. The molecule has 0 amide bonds. The highest BCUT2D eigenvalue weighted by Gasteiger charge is 2.09. The van der Waals surface area contributed by atoms with Gasteiger partial charge in [-0.25, -0.2) is 0 Å². The normalized spacial score (nSPS) is 11.1. The maximum Gasteiger partial charge on any atom is 0.317 e. The number of hydrogen-bond donors (Lipinski definition) is 1. The van der Waals surface area contributed by atoms with Crippen LogP contribution in [-0.2, 0) is 11.3 Å². The predicted molar refractivity (Wildman–Crippen MR) is 70.7 cm³/mol. The number of likely N-dealkylation sites (N-methyl/N-ethyl adjacent to an activating group) is 1. The molecule has 94 valence electrons. The van der Waals surface area contributed by atoms with Gasteiger partial charge in [-0.1, -0.05) is 17.7 Å². The Labute approximate surface area is 110 Å². The lowest BCUT2D eigenvalue weighted by Gasteiger charge is -2.15. The Kier molecular flexibility index (Phi) is 3.79. The largest absolute Gasteiger partial charge is 0.480 e. The number of aromatic nitrogens is 1. The molecule has 1 aromatic carbocycles. The van der Waals surface area contributed by atoms with Crippen LogP contribution in [0.2, 0.25) is 5.02 Å². The second-order valence-corrected chi connectivity index (χ2v) is 4.58. The molecule has 4 nitrogen and oxygen atoms in total. The highest BCUT2D eigenvalue weighted by Crippen LogP contribution is 2.25. The van der Waals surface area contributed by atoms with Crippen molar-refractivity contribution in [2.24, 2.45) is 0 Å². The molecule has 0 spiro atoms. The Morgan fingerprint density at radius 3 is 2.94 bits per heavy atom. The number of carboxylic acid groups (broad SMARTS) is 1. The molecule has 0 aliphatic rings. The first-order valence-corrected chi connectivity index (χ1v) is 5.88. The van der Waals surface area contributed by atoms with Gasteiger partial charge in [-0.05, 0) is 30.8 Å². The summed E-state index contributed by atoms with van der Waals surface area (Å²) in [4.78, 5) is 16.7. The predicted octanol–water partition coefficient (Wildman–Crippen LogP) is 2.40. The van der Waals surface area contributed by atoms with Gasteiger partial charge in [0.25, 0.3) is 0 Å². The van der Waals surface area contributed by atoms with Crippen molar-refractivity contribution in [3.05, 3.63) is 41.0 Å². The van der Waals surface area contributed by atoms with Crippen LogP contribution in [0, 0.1) is 0 Å². The summed E-state index contributed by atoms with van der Waals surface area (Å²) in [5.41, 5.74) is 1.79. The minimum atomic E-state index is -0.844. The van der Waals surface area contributed by atoms with E-state index in [0.29, 0.717) is 11.6 Å². The van der Waals surface area contributed by atoms with Gasteiger partial charge in [0, 0.05) is 23.2 Å². The van der Waals surface area contributed by atoms with Crippen molar-refractivity contribution < 1.29 is 9.90 Å². The van der Waals surface area contributed by atoms with Crippen LogP contribution in [0.3, 0.4) is 0 Å². The molecule has 0 unspecified atom stereocenters. The third-order valence-corrected chi connectivity index (χ3v) is 2.98. The van der Waals surface area contributed by atoms with Gasteiger partial charge >= 0.3 is 5.97 Å². The quantitative estimate of drug-likeness (QED) is 0.921. The topological polar surface area (TPSA) is 53.4 Å². The molecule has 2 aromatic rings. The van der Waals surface area contributed by atoms with E-state index in [1.54, 1.807) is 18.1 Å². The smallest absolute Gasteiger partial charge is 0.317 e. The third kappa shape index (κ3) is 2.78. The van der Waals surface area contributed by atoms with Crippen molar-refractivity contribution in [3.63, 3.8) is 0 Å². The summed E-state index contributed by atoms with van der Waals surface area (Å²) in [6, 6.07) is 7.44. The molecule has 1 aromatic heterocycles. The van der Waals surface area contributed by atoms with Crippen molar-refractivity contribution in [1.29, 1.82) is 0 Å². The van der Waals surface area contributed by atoms with Crippen LogP contribution in [0.5, 0.6) is 0 Å². The average molecular weight is 265 g/mol.